The number of likely N-dealkylation sites (tertiary alicyclic amines) is 1. The molecule has 7 heteroatoms. The molecule has 0 saturated carbocycles. The van der Waals surface area contributed by atoms with E-state index in [1.54, 1.807) is 7.05 Å². The first-order chi connectivity index (χ1) is 15.0. The van der Waals surface area contributed by atoms with Crippen LogP contribution in [0.5, 0.6) is 5.75 Å². The first kappa shape index (κ1) is 22.9. The maximum atomic E-state index is 12.6. The lowest BCUT2D eigenvalue weighted by atomic mass is 10.1. The molecule has 6 nitrogen and oxygen atoms in total. The van der Waals surface area contributed by atoms with Gasteiger partial charge in [-0.1, -0.05) is 23.7 Å². The van der Waals surface area contributed by atoms with Crippen LogP contribution in [0.3, 0.4) is 0 Å². The molecule has 1 aliphatic heterocycles. The van der Waals surface area contributed by atoms with E-state index in [1.807, 2.05) is 60.4 Å². The second-order valence-corrected chi connectivity index (χ2v) is 8.18. The number of nitrogens with zero attached hydrogens (tertiary/aromatic N) is 2. The smallest absolute Gasteiger partial charge is 0.253 e. The minimum Gasteiger partial charge on any atom is -0.489 e. The van der Waals surface area contributed by atoms with Crippen LogP contribution >= 0.6 is 11.6 Å². The van der Waals surface area contributed by atoms with Gasteiger partial charge in [0, 0.05) is 37.3 Å². The summed E-state index contributed by atoms with van der Waals surface area (Å²) in [6, 6.07) is 15.1. The zero-order chi connectivity index (χ0) is 22.1. The summed E-state index contributed by atoms with van der Waals surface area (Å²) in [4.78, 5) is 18.8. The van der Waals surface area contributed by atoms with Crippen molar-refractivity contribution < 1.29 is 9.53 Å². The number of benzene rings is 2. The number of guanidine groups is 1. The van der Waals surface area contributed by atoms with E-state index >= 15 is 0 Å². The van der Waals surface area contributed by atoms with Crippen LogP contribution in [0.25, 0.3) is 0 Å². The molecule has 1 aliphatic rings. The molecule has 0 radical (unpaired) electrons. The van der Waals surface area contributed by atoms with Crippen molar-refractivity contribution in [2.75, 3.05) is 26.7 Å². The molecular weight excluding hydrogens is 412 g/mol. The van der Waals surface area contributed by atoms with Gasteiger partial charge in [-0.15, -0.1) is 0 Å². The SMILES string of the molecule is CN=C(NCc1ccc(C(=O)N2CCCCC2)cc1)NCC(C)Oc1ccc(Cl)cc1. The number of carbonyl (C=O) groups excluding carboxylic acids is 1. The highest BCUT2D eigenvalue weighted by molar-refractivity contribution is 6.30. The monoisotopic (exact) mass is 442 g/mol. The van der Waals surface area contributed by atoms with Gasteiger partial charge >= 0.3 is 0 Å². The first-order valence-corrected chi connectivity index (χ1v) is 11.2. The lowest BCUT2D eigenvalue weighted by Gasteiger charge is -2.26. The maximum absolute atomic E-state index is 12.6. The van der Waals surface area contributed by atoms with Crippen molar-refractivity contribution >= 4 is 23.5 Å². The van der Waals surface area contributed by atoms with Gasteiger partial charge in [0.2, 0.25) is 0 Å². The molecule has 0 bridgehead atoms. The maximum Gasteiger partial charge on any atom is 0.253 e. The van der Waals surface area contributed by atoms with E-state index in [0.29, 0.717) is 24.1 Å². The Morgan fingerprint density at radius 2 is 1.74 bits per heavy atom. The van der Waals surface area contributed by atoms with Crippen molar-refractivity contribution in [3.05, 3.63) is 64.7 Å². The number of rotatable bonds is 7. The molecule has 1 amide bonds. The highest BCUT2D eigenvalue weighted by Gasteiger charge is 2.17. The highest BCUT2D eigenvalue weighted by atomic mass is 35.5. The van der Waals surface area contributed by atoms with Crippen molar-refractivity contribution in [3.8, 4) is 5.75 Å². The molecule has 1 atom stereocenters. The number of ether oxygens (including phenoxy) is 1. The molecular formula is C24H31ClN4O2. The van der Waals surface area contributed by atoms with Crippen LogP contribution in [-0.4, -0.2) is 49.6 Å². The Kier molecular flexibility index (Phi) is 8.59. The van der Waals surface area contributed by atoms with E-state index in [2.05, 4.69) is 15.6 Å². The van der Waals surface area contributed by atoms with Crippen LogP contribution in [-0.2, 0) is 6.54 Å². The fraction of sp³-hybridized carbons (Fsp3) is 0.417. The number of carbonyl (C=O) groups is 1. The van der Waals surface area contributed by atoms with Crippen molar-refractivity contribution in [1.29, 1.82) is 0 Å². The average Bonchev–Trinajstić information content (AvgIpc) is 2.81. The molecule has 0 aliphatic carbocycles. The van der Waals surface area contributed by atoms with Crippen LogP contribution in [0, 0.1) is 0 Å². The predicted molar refractivity (Wildman–Crippen MR) is 126 cm³/mol. The van der Waals surface area contributed by atoms with Crippen LogP contribution < -0.4 is 15.4 Å². The summed E-state index contributed by atoms with van der Waals surface area (Å²) in [6.07, 6.45) is 3.38. The Labute approximate surface area is 189 Å². The second-order valence-electron chi connectivity index (χ2n) is 7.74. The Morgan fingerprint density at radius 1 is 1.06 bits per heavy atom. The largest absolute Gasteiger partial charge is 0.489 e. The minimum atomic E-state index is -0.0418. The van der Waals surface area contributed by atoms with E-state index in [9.17, 15) is 4.79 Å². The molecule has 1 fully saturated rings. The van der Waals surface area contributed by atoms with E-state index in [1.165, 1.54) is 6.42 Å². The van der Waals surface area contributed by atoms with E-state index < -0.39 is 0 Å². The predicted octanol–water partition coefficient (Wildman–Crippen LogP) is 4.10. The highest BCUT2D eigenvalue weighted by Crippen LogP contribution is 2.17. The lowest BCUT2D eigenvalue weighted by molar-refractivity contribution is 0.0724. The normalized spacial score (nSPS) is 15.3. The number of piperidine rings is 1. The van der Waals surface area contributed by atoms with Crippen LogP contribution in [0.2, 0.25) is 5.02 Å². The van der Waals surface area contributed by atoms with E-state index in [0.717, 1.165) is 42.8 Å². The van der Waals surface area contributed by atoms with Crippen molar-refractivity contribution in [2.45, 2.75) is 38.8 Å². The number of hydrogen-bond acceptors (Lipinski definition) is 3. The molecule has 3 rings (SSSR count). The van der Waals surface area contributed by atoms with Gasteiger partial charge < -0.3 is 20.3 Å². The van der Waals surface area contributed by atoms with Crippen LogP contribution in [0.4, 0.5) is 0 Å². The van der Waals surface area contributed by atoms with Gasteiger partial charge in [0.1, 0.15) is 11.9 Å². The molecule has 1 unspecified atom stereocenters. The van der Waals surface area contributed by atoms with Gasteiger partial charge in [0.15, 0.2) is 5.96 Å². The van der Waals surface area contributed by atoms with E-state index in [4.69, 9.17) is 16.3 Å². The zero-order valence-electron chi connectivity index (χ0n) is 18.2. The standard InChI is InChI=1S/C24H31ClN4O2/c1-18(31-22-12-10-21(25)11-13-22)16-27-24(26-2)28-17-19-6-8-20(9-7-19)23(30)29-14-4-3-5-15-29/h6-13,18H,3-5,14-17H2,1-2H3,(H2,26,27,28). The summed E-state index contributed by atoms with van der Waals surface area (Å²) in [5.74, 6) is 1.60. The number of aliphatic imine (C=N–C) groups is 1. The molecule has 2 aromatic rings. The Morgan fingerprint density at radius 3 is 2.39 bits per heavy atom. The van der Waals surface area contributed by atoms with Crippen molar-refractivity contribution in [2.24, 2.45) is 4.99 Å². The summed E-state index contributed by atoms with van der Waals surface area (Å²) < 4.78 is 5.87. The van der Waals surface area contributed by atoms with Gasteiger partial charge in [-0.2, -0.15) is 0 Å². The number of nitrogens with one attached hydrogen (secondary N) is 2. The Bertz CT molecular complexity index is 862. The molecule has 31 heavy (non-hydrogen) atoms. The summed E-state index contributed by atoms with van der Waals surface area (Å²) >= 11 is 5.90. The van der Waals surface area contributed by atoms with Gasteiger partial charge in [-0.3, -0.25) is 9.79 Å². The summed E-state index contributed by atoms with van der Waals surface area (Å²) in [7, 11) is 1.74. The quantitative estimate of drug-likeness (QED) is 0.500. The number of hydrogen-bond donors (Lipinski definition) is 2. The minimum absolute atomic E-state index is 0.0418. The molecule has 2 aromatic carbocycles. The Hall–Kier alpha value is -2.73. The van der Waals surface area contributed by atoms with Gasteiger partial charge in [-0.25, -0.2) is 0 Å². The third-order valence-electron chi connectivity index (χ3n) is 5.24. The molecule has 166 valence electrons. The van der Waals surface area contributed by atoms with E-state index in [-0.39, 0.29) is 12.0 Å². The van der Waals surface area contributed by atoms with Gasteiger partial charge in [0.05, 0.1) is 6.54 Å². The van der Waals surface area contributed by atoms with Crippen LogP contribution in [0.15, 0.2) is 53.5 Å². The van der Waals surface area contributed by atoms with Crippen LogP contribution in [0.1, 0.15) is 42.1 Å². The third kappa shape index (κ3) is 7.17. The molecule has 1 heterocycles. The fourth-order valence-electron chi connectivity index (χ4n) is 3.48. The van der Waals surface area contributed by atoms with Crippen molar-refractivity contribution in [1.82, 2.24) is 15.5 Å². The lowest BCUT2D eigenvalue weighted by Crippen LogP contribution is -2.41. The molecule has 1 saturated heterocycles. The van der Waals surface area contributed by atoms with Gasteiger partial charge in [0.25, 0.3) is 5.91 Å². The second kappa shape index (κ2) is 11.6. The molecule has 0 aromatic heterocycles. The first-order valence-electron chi connectivity index (χ1n) is 10.8. The topological polar surface area (TPSA) is 66.0 Å². The zero-order valence-corrected chi connectivity index (χ0v) is 19.0. The molecule has 2 N–H and O–H groups in total. The summed E-state index contributed by atoms with van der Waals surface area (Å²) in [5.41, 5.74) is 1.84. The average molecular weight is 443 g/mol. The Balaban J connectivity index is 1.43. The third-order valence-corrected chi connectivity index (χ3v) is 5.49. The number of amides is 1. The fourth-order valence-corrected chi connectivity index (χ4v) is 3.60. The van der Waals surface area contributed by atoms with Crippen molar-refractivity contribution in [3.63, 3.8) is 0 Å². The number of halogens is 1. The summed E-state index contributed by atoms with van der Waals surface area (Å²) in [6.45, 7) is 4.94. The molecule has 0 spiro atoms. The summed E-state index contributed by atoms with van der Waals surface area (Å²) in [5, 5.41) is 7.25. The van der Waals surface area contributed by atoms with Gasteiger partial charge in [-0.05, 0) is 68.1 Å².